The summed E-state index contributed by atoms with van der Waals surface area (Å²) < 4.78 is 12.8. The fraction of sp³-hybridized carbons (Fsp3) is 0.805. The first kappa shape index (κ1) is 39.9. The minimum Gasteiger partial charge on any atom is -0.347 e. The van der Waals surface area contributed by atoms with E-state index >= 15 is 0 Å². The Morgan fingerprint density at radius 1 is 0.465 bits per heavy atom. The minimum absolute atomic E-state index is 0.287. The second kappa shape index (κ2) is 30.9. The number of unbranched alkanes of at least 4 members (excludes halogenated alkanes) is 18. The van der Waals surface area contributed by atoms with Crippen molar-refractivity contribution in [2.24, 2.45) is 0 Å². The Balaban J connectivity index is 2.04. The fourth-order valence-electron chi connectivity index (χ4n) is 5.97. The number of allylic oxidation sites excluding steroid dienone is 8. The third-order valence-electron chi connectivity index (χ3n) is 8.89. The van der Waals surface area contributed by atoms with Crippen LogP contribution < -0.4 is 0 Å². The Morgan fingerprint density at radius 2 is 0.837 bits per heavy atom. The summed E-state index contributed by atoms with van der Waals surface area (Å²) in [4.78, 5) is 0. The Hall–Kier alpha value is -1.12. The van der Waals surface area contributed by atoms with Crippen LogP contribution in [-0.4, -0.2) is 18.5 Å². The van der Waals surface area contributed by atoms with Crippen LogP contribution in [0.5, 0.6) is 0 Å². The van der Waals surface area contributed by atoms with Crippen LogP contribution in [0.25, 0.3) is 0 Å². The molecule has 1 fully saturated rings. The van der Waals surface area contributed by atoms with Gasteiger partial charge >= 0.3 is 0 Å². The van der Waals surface area contributed by atoms with Gasteiger partial charge < -0.3 is 9.47 Å². The maximum Gasteiger partial charge on any atom is 0.168 e. The summed E-state index contributed by atoms with van der Waals surface area (Å²) in [6.45, 7) is 7.56. The molecule has 0 bridgehead atoms. The molecule has 2 nitrogen and oxygen atoms in total. The highest BCUT2D eigenvalue weighted by Gasteiger charge is 2.39. The lowest BCUT2D eigenvalue weighted by Crippen LogP contribution is -2.31. The lowest BCUT2D eigenvalue weighted by molar-refractivity contribution is -0.179. The van der Waals surface area contributed by atoms with E-state index in [1.54, 1.807) is 0 Å². The molecule has 0 spiro atoms. The average molecular weight is 599 g/mol. The van der Waals surface area contributed by atoms with Crippen molar-refractivity contribution in [3.05, 3.63) is 48.6 Å². The Labute approximate surface area is 270 Å². The topological polar surface area (TPSA) is 18.5 Å². The number of rotatable bonds is 31. The molecule has 0 N–H and O–H groups in total. The summed E-state index contributed by atoms with van der Waals surface area (Å²) in [5.74, 6) is -0.287. The molecule has 250 valence electrons. The maximum atomic E-state index is 6.50. The third-order valence-corrected chi connectivity index (χ3v) is 8.89. The van der Waals surface area contributed by atoms with E-state index in [-0.39, 0.29) is 5.79 Å². The zero-order chi connectivity index (χ0) is 30.9. The molecule has 0 aliphatic carbocycles. The predicted octanol–water partition coefficient (Wildman–Crippen LogP) is 13.9. The van der Waals surface area contributed by atoms with E-state index in [9.17, 15) is 0 Å². The van der Waals surface area contributed by atoms with Crippen molar-refractivity contribution in [2.45, 2.75) is 206 Å². The van der Waals surface area contributed by atoms with Crippen LogP contribution in [-0.2, 0) is 9.47 Å². The molecule has 0 aromatic heterocycles. The largest absolute Gasteiger partial charge is 0.347 e. The van der Waals surface area contributed by atoms with Gasteiger partial charge in [0.25, 0.3) is 0 Å². The SMILES string of the molecule is CCCCC/C=C\C/C=C\CCCCCCCCC1(CCCCCCCC/C=C\C/C=C\CCCCC)OCC(CC)O1. The van der Waals surface area contributed by atoms with Crippen LogP contribution in [0.4, 0.5) is 0 Å². The lowest BCUT2D eigenvalue weighted by atomic mass is 9.98. The van der Waals surface area contributed by atoms with Crippen molar-refractivity contribution in [2.75, 3.05) is 6.61 Å². The van der Waals surface area contributed by atoms with Crippen LogP contribution in [0.3, 0.4) is 0 Å². The smallest absolute Gasteiger partial charge is 0.168 e. The molecule has 1 unspecified atom stereocenters. The normalized spacial score (nSPS) is 17.1. The van der Waals surface area contributed by atoms with Crippen molar-refractivity contribution in [3.63, 3.8) is 0 Å². The van der Waals surface area contributed by atoms with Crippen molar-refractivity contribution >= 4 is 0 Å². The average Bonchev–Trinajstić information content (AvgIpc) is 3.44. The van der Waals surface area contributed by atoms with Crippen LogP contribution >= 0.6 is 0 Å². The Morgan fingerprint density at radius 3 is 1.21 bits per heavy atom. The van der Waals surface area contributed by atoms with E-state index in [4.69, 9.17) is 9.47 Å². The molecule has 1 heterocycles. The van der Waals surface area contributed by atoms with Crippen molar-refractivity contribution < 1.29 is 9.47 Å². The van der Waals surface area contributed by atoms with Crippen molar-refractivity contribution in [1.29, 1.82) is 0 Å². The van der Waals surface area contributed by atoms with Gasteiger partial charge in [-0.15, -0.1) is 0 Å². The summed E-state index contributed by atoms with van der Waals surface area (Å²) in [5.41, 5.74) is 0. The highest BCUT2D eigenvalue weighted by molar-refractivity contribution is 4.93. The van der Waals surface area contributed by atoms with Gasteiger partial charge in [-0.2, -0.15) is 0 Å². The molecule has 1 aliphatic rings. The monoisotopic (exact) mass is 599 g/mol. The molecule has 1 saturated heterocycles. The molecule has 1 aliphatic heterocycles. The second-order valence-electron chi connectivity index (χ2n) is 13.0. The first-order chi connectivity index (χ1) is 21.3. The van der Waals surface area contributed by atoms with Gasteiger partial charge in [0, 0.05) is 12.8 Å². The molecule has 0 aromatic carbocycles. The number of hydrogen-bond donors (Lipinski definition) is 0. The predicted molar refractivity (Wildman–Crippen MR) is 192 cm³/mol. The molecule has 0 aromatic rings. The summed E-state index contributed by atoms with van der Waals surface area (Å²) >= 11 is 0. The van der Waals surface area contributed by atoms with Gasteiger partial charge in [-0.1, -0.05) is 146 Å². The standard InChI is InChI=1S/C41H74O2/c1-4-7-9-11-13-15-17-19-21-23-25-27-29-31-33-35-37-41(42-39-40(6-3)43-41)38-36-34-32-30-28-26-24-22-20-18-16-14-12-10-8-5-2/h13-16,19-22,40H,4-12,17-18,23-39H2,1-3H3/b15-13-,16-14-,21-19-,22-20-. The number of hydrogen-bond acceptors (Lipinski definition) is 2. The van der Waals surface area contributed by atoms with Gasteiger partial charge in [0.15, 0.2) is 5.79 Å². The van der Waals surface area contributed by atoms with Crippen LogP contribution in [0, 0.1) is 0 Å². The lowest BCUT2D eigenvalue weighted by Gasteiger charge is -2.28. The second-order valence-corrected chi connectivity index (χ2v) is 13.0. The van der Waals surface area contributed by atoms with Crippen LogP contribution in [0.15, 0.2) is 48.6 Å². The van der Waals surface area contributed by atoms with Gasteiger partial charge in [-0.05, 0) is 83.5 Å². The molecule has 43 heavy (non-hydrogen) atoms. The quantitative estimate of drug-likeness (QED) is 0.0583. The number of ether oxygens (including phenoxy) is 2. The van der Waals surface area contributed by atoms with E-state index in [1.807, 2.05) is 0 Å². The summed E-state index contributed by atoms with van der Waals surface area (Å²) in [7, 11) is 0. The van der Waals surface area contributed by atoms with Gasteiger partial charge in [-0.25, -0.2) is 0 Å². The first-order valence-electron chi connectivity index (χ1n) is 19.2. The van der Waals surface area contributed by atoms with Crippen molar-refractivity contribution in [1.82, 2.24) is 0 Å². The van der Waals surface area contributed by atoms with E-state index in [0.717, 1.165) is 38.7 Å². The van der Waals surface area contributed by atoms with E-state index < -0.39 is 0 Å². The minimum atomic E-state index is -0.287. The summed E-state index contributed by atoms with van der Waals surface area (Å²) in [5, 5.41) is 0. The zero-order valence-electron chi connectivity index (χ0n) is 29.3. The Kier molecular flexibility index (Phi) is 28.7. The highest BCUT2D eigenvalue weighted by Crippen LogP contribution is 2.35. The van der Waals surface area contributed by atoms with E-state index in [2.05, 4.69) is 69.4 Å². The maximum absolute atomic E-state index is 6.50. The van der Waals surface area contributed by atoms with Gasteiger partial charge in [-0.3, -0.25) is 0 Å². The van der Waals surface area contributed by atoms with Gasteiger partial charge in [0.2, 0.25) is 0 Å². The highest BCUT2D eigenvalue weighted by atomic mass is 16.7. The molecular weight excluding hydrogens is 524 g/mol. The molecule has 0 radical (unpaired) electrons. The van der Waals surface area contributed by atoms with Crippen LogP contribution in [0.1, 0.15) is 194 Å². The molecular formula is C41H74O2. The zero-order valence-corrected chi connectivity index (χ0v) is 29.3. The van der Waals surface area contributed by atoms with E-state index in [1.165, 1.54) is 141 Å². The van der Waals surface area contributed by atoms with Gasteiger partial charge in [0.1, 0.15) is 0 Å². The fourth-order valence-corrected chi connectivity index (χ4v) is 5.97. The van der Waals surface area contributed by atoms with Gasteiger partial charge in [0.05, 0.1) is 12.7 Å². The molecule has 1 rings (SSSR count). The van der Waals surface area contributed by atoms with E-state index in [0.29, 0.717) is 6.10 Å². The van der Waals surface area contributed by atoms with Crippen molar-refractivity contribution in [3.8, 4) is 0 Å². The summed E-state index contributed by atoms with van der Waals surface area (Å²) in [6.07, 6.45) is 53.5. The molecule has 0 saturated carbocycles. The van der Waals surface area contributed by atoms with Crippen LogP contribution in [0.2, 0.25) is 0 Å². The Bertz CT molecular complexity index is 640. The summed E-state index contributed by atoms with van der Waals surface area (Å²) in [6, 6.07) is 0. The molecule has 1 atom stereocenters. The third kappa shape index (κ3) is 24.8. The first-order valence-corrected chi connectivity index (χ1v) is 19.2. The molecule has 2 heteroatoms. The molecule has 0 amide bonds.